The quantitative estimate of drug-likeness (QED) is 0.802. The molecular formula is C12H13F3N4O2S. The molecule has 2 aromatic heterocycles. The topological polar surface area (TPSA) is 77.7 Å². The molecule has 0 bridgehead atoms. The fourth-order valence-electron chi connectivity index (χ4n) is 1.83. The van der Waals surface area contributed by atoms with Crippen molar-refractivity contribution in [2.24, 2.45) is 7.05 Å². The Labute approximate surface area is 124 Å². The van der Waals surface area contributed by atoms with Crippen LogP contribution in [0.4, 0.5) is 13.2 Å². The van der Waals surface area contributed by atoms with E-state index in [0.717, 1.165) is 6.07 Å². The van der Waals surface area contributed by atoms with E-state index in [0.29, 0.717) is 11.3 Å². The van der Waals surface area contributed by atoms with Crippen LogP contribution in [0, 0.1) is 6.92 Å². The lowest BCUT2D eigenvalue weighted by Crippen LogP contribution is -2.16. The molecule has 0 aliphatic carbocycles. The van der Waals surface area contributed by atoms with Crippen molar-refractivity contribution in [1.29, 1.82) is 0 Å². The minimum atomic E-state index is -4.77. The van der Waals surface area contributed by atoms with Gasteiger partial charge in [-0.05, 0) is 13.0 Å². The third-order valence-electron chi connectivity index (χ3n) is 2.94. The maximum Gasteiger partial charge on any atom is 0.433 e. The summed E-state index contributed by atoms with van der Waals surface area (Å²) in [5, 5.41) is 3.19. The van der Waals surface area contributed by atoms with Crippen molar-refractivity contribution < 1.29 is 21.6 Å². The van der Waals surface area contributed by atoms with Gasteiger partial charge in [0.2, 0.25) is 15.0 Å². The smallest absolute Gasteiger partial charge is 0.275 e. The van der Waals surface area contributed by atoms with Gasteiger partial charge in [-0.2, -0.15) is 18.3 Å². The van der Waals surface area contributed by atoms with Crippen LogP contribution in [0.2, 0.25) is 0 Å². The van der Waals surface area contributed by atoms with Gasteiger partial charge < -0.3 is 0 Å². The van der Waals surface area contributed by atoms with Gasteiger partial charge in [0, 0.05) is 18.8 Å². The van der Waals surface area contributed by atoms with Crippen LogP contribution in [0.5, 0.6) is 0 Å². The van der Waals surface area contributed by atoms with Crippen molar-refractivity contribution >= 4 is 9.84 Å². The highest BCUT2D eigenvalue weighted by molar-refractivity contribution is 7.91. The summed E-state index contributed by atoms with van der Waals surface area (Å²) < 4.78 is 64.0. The third kappa shape index (κ3) is 3.11. The number of hydrogen-bond acceptors (Lipinski definition) is 5. The van der Waals surface area contributed by atoms with Gasteiger partial charge in [-0.15, -0.1) is 0 Å². The Hall–Kier alpha value is -1.97. The summed E-state index contributed by atoms with van der Waals surface area (Å²) in [6, 6.07) is 0.721. The molecule has 6 nitrogen and oxygen atoms in total. The van der Waals surface area contributed by atoms with Gasteiger partial charge in [0.1, 0.15) is 5.69 Å². The first-order valence-corrected chi connectivity index (χ1v) is 7.89. The highest BCUT2D eigenvalue weighted by atomic mass is 32.2. The van der Waals surface area contributed by atoms with Gasteiger partial charge in [0.05, 0.1) is 17.1 Å². The largest absolute Gasteiger partial charge is 0.433 e. The SMILES string of the molecule is CCS(=O)(=O)c1nc(-c2cn(C)nc2C)cc(C(F)(F)F)n1. The third-order valence-corrected chi connectivity index (χ3v) is 4.44. The lowest BCUT2D eigenvalue weighted by atomic mass is 10.1. The maximum absolute atomic E-state index is 13.0. The number of alkyl halides is 3. The molecule has 2 aromatic rings. The molecule has 0 saturated heterocycles. The van der Waals surface area contributed by atoms with E-state index in [2.05, 4.69) is 15.1 Å². The van der Waals surface area contributed by atoms with E-state index in [1.807, 2.05) is 0 Å². The molecule has 0 radical (unpaired) electrons. The first kappa shape index (κ1) is 16.4. The van der Waals surface area contributed by atoms with Gasteiger partial charge in [0.15, 0.2) is 0 Å². The van der Waals surface area contributed by atoms with E-state index >= 15 is 0 Å². The van der Waals surface area contributed by atoms with E-state index in [4.69, 9.17) is 0 Å². The molecule has 0 spiro atoms. The Morgan fingerprint density at radius 1 is 1.27 bits per heavy atom. The normalized spacial score (nSPS) is 12.6. The van der Waals surface area contributed by atoms with Crippen LogP contribution in [0.25, 0.3) is 11.3 Å². The van der Waals surface area contributed by atoms with Crippen molar-refractivity contribution in [2.75, 3.05) is 5.75 Å². The summed E-state index contributed by atoms with van der Waals surface area (Å²) in [5.41, 5.74) is -0.662. The van der Waals surface area contributed by atoms with E-state index < -0.39 is 26.9 Å². The van der Waals surface area contributed by atoms with Gasteiger partial charge in [-0.1, -0.05) is 6.92 Å². The molecule has 0 atom stereocenters. The number of halogens is 3. The van der Waals surface area contributed by atoms with Crippen molar-refractivity contribution in [1.82, 2.24) is 19.7 Å². The molecule has 0 aliphatic heterocycles. The lowest BCUT2D eigenvalue weighted by molar-refractivity contribution is -0.141. The Morgan fingerprint density at radius 3 is 2.36 bits per heavy atom. The highest BCUT2D eigenvalue weighted by Crippen LogP contribution is 2.31. The number of rotatable bonds is 3. The Morgan fingerprint density at radius 2 is 1.91 bits per heavy atom. The molecule has 10 heteroatoms. The van der Waals surface area contributed by atoms with Crippen LogP contribution in [0.3, 0.4) is 0 Å². The van der Waals surface area contributed by atoms with Crippen LogP contribution in [0.1, 0.15) is 18.3 Å². The molecule has 120 valence electrons. The first-order chi connectivity index (χ1) is 10.0. The zero-order chi connectivity index (χ0) is 16.7. The lowest BCUT2D eigenvalue weighted by Gasteiger charge is -2.10. The monoisotopic (exact) mass is 334 g/mol. The Bertz CT molecular complexity index is 812. The fourth-order valence-corrected chi connectivity index (χ4v) is 2.56. The van der Waals surface area contributed by atoms with Gasteiger partial charge in [-0.25, -0.2) is 18.4 Å². The second-order valence-electron chi connectivity index (χ2n) is 4.62. The molecule has 0 aliphatic rings. The molecule has 22 heavy (non-hydrogen) atoms. The summed E-state index contributed by atoms with van der Waals surface area (Å²) in [4.78, 5) is 6.94. The molecule has 0 N–H and O–H groups in total. The summed E-state index contributed by atoms with van der Waals surface area (Å²) in [6.45, 7) is 2.91. The van der Waals surface area contributed by atoms with Crippen LogP contribution in [0.15, 0.2) is 17.4 Å². The highest BCUT2D eigenvalue weighted by Gasteiger charge is 2.35. The van der Waals surface area contributed by atoms with Crippen molar-refractivity contribution in [3.8, 4) is 11.3 Å². The van der Waals surface area contributed by atoms with Crippen LogP contribution < -0.4 is 0 Å². The van der Waals surface area contributed by atoms with Crippen LogP contribution in [-0.2, 0) is 23.1 Å². The molecule has 0 saturated carbocycles. The summed E-state index contributed by atoms with van der Waals surface area (Å²) in [7, 11) is -2.36. The van der Waals surface area contributed by atoms with Gasteiger partial charge in [-0.3, -0.25) is 4.68 Å². The first-order valence-electron chi connectivity index (χ1n) is 6.24. The predicted molar refractivity (Wildman–Crippen MR) is 71.7 cm³/mol. The van der Waals surface area contributed by atoms with Crippen molar-refractivity contribution in [3.05, 3.63) is 23.7 Å². The second-order valence-corrected chi connectivity index (χ2v) is 6.80. The molecule has 0 amide bonds. The second kappa shape index (κ2) is 5.34. The van der Waals surface area contributed by atoms with Gasteiger partial charge >= 0.3 is 6.18 Å². The predicted octanol–water partition coefficient (Wildman–Crippen LogP) is 2.00. The van der Waals surface area contributed by atoms with Crippen LogP contribution >= 0.6 is 0 Å². The fraction of sp³-hybridized carbons (Fsp3) is 0.417. The van der Waals surface area contributed by atoms with E-state index in [1.165, 1.54) is 17.8 Å². The number of nitrogens with zero attached hydrogens (tertiary/aromatic N) is 4. The molecular weight excluding hydrogens is 321 g/mol. The zero-order valence-electron chi connectivity index (χ0n) is 12.0. The Kier molecular flexibility index (Phi) is 3.98. The van der Waals surface area contributed by atoms with Crippen LogP contribution in [-0.4, -0.2) is 33.9 Å². The summed E-state index contributed by atoms with van der Waals surface area (Å²) in [5.74, 6) is -0.389. The maximum atomic E-state index is 13.0. The van der Waals surface area contributed by atoms with E-state index in [1.54, 1.807) is 14.0 Å². The molecule has 2 heterocycles. The zero-order valence-corrected chi connectivity index (χ0v) is 12.8. The minimum absolute atomic E-state index is 0.125. The molecule has 2 rings (SSSR count). The average molecular weight is 334 g/mol. The standard InChI is InChI=1S/C12H13F3N4O2S/c1-4-22(20,21)11-16-9(5-10(17-11)12(13,14)15)8-6-19(3)18-7(8)2/h5-6H,4H2,1-3H3. The molecule has 0 fully saturated rings. The van der Waals surface area contributed by atoms with Gasteiger partial charge in [0.25, 0.3) is 0 Å². The number of aromatic nitrogens is 4. The van der Waals surface area contributed by atoms with E-state index in [-0.39, 0.29) is 11.4 Å². The minimum Gasteiger partial charge on any atom is -0.275 e. The summed E-state index contributed by atoms with van der Waals surface area (Å²) in [6.07, 6.45) is -3.30. The number of sulfone groups is 1. The molecule has 0 unspecified atom stereocenters. The average Bonchev–Trinajstić information content (AvgIpc) is 2.76. The van der Waals surface area contributed by atoms with Crippen molar-refractivity contribution in [3.63, 3.8) is 0 Å². The number of hydrogen-bond donors (Lipinski definition) is 0. The number of aryl methyl sites for hydroxylation is 2. The van der Waals surface area contributed by atoms with E-state index in [9.17, 15) is 21.6 Å². The Balaban J connectivity index is 2.75. The van der Waals surface area contributed by atoms with Crippen molar-refractivity contribution in [2.45, 2.75) is 25.2 Å². The molecule has 0 aromatic carbocycles. The summed E-state index contributed by atoms with van der Waals surface area (Å²) >= 11 is 0.